The molecule has 1 aromatic carbocycles. The van der Waals surface area contributed by atoms with Gasteiger partial charge in [0.15, 0.2) is 5.82 Å². The predicted octanol–water partition coefficient (Wildman–Crippen LogP) is 2.30. The Bertz CT molecular complexity index is 528. The molecule has 0 aliphatic carbocycles. The van der Waals surface area contributed by atoms with E-state index in [0.717, 1.165) is 17.8 Å². The molecule has 0 aliphatic heterocycles. The highest BCUT2D eigenvalue weighted by Crippen LogP contribution is 2.25. The molecule has 2 N–H and O–H groups in total. The molecule has 0 radical (unpaired) electrons. The second-order valence-electron chi connectivity index (χ2n) is 4.37. The van der Waals surface area contributed by atoms with E-state index in [4.69, 9.17) is 5.73 Å². The highest BCUT2D eigenvalue weighted by molar-refractivity contribution is 5.76. The number of rotatable bonds is 2. The predicted molar refractivity (Wildman–Crippen MR) is 62.5 cm³/mol. The van der Waals surface area contributed by atoms with Crippen molar-refractivity contribution in [1.82, 2.24) is 9.55 Å². The Morgan fingerprint density at radius 3 is 2.75 bits per heavy atom. The molecule has 0 aliphatic rings. The zero-order valence-corrected chi connectivity index (χ0v) is 9.79. The number of para-hydroxylation sites is 1. The Kier molecular flexibility index (Phi) is 2.46. The van der Waals surface area contributed by atoms with Gasteiger partial charge in [0.1, 0.15) is 11.3 Å². The van der Waals surface area contributed by atoms with Crippen molar-refractivity contribution in [2.45, 2.75) is 25.8 Å². The number of nitrogens with zero attached hydrogens (tertiary/aromatic N) is 2. The normalized spacial score (nSPS) is 15.3. The molecular formula is C12H16FN3. The lowest BCUT2D eigenvalue weighted by molar-refractivity contribution is 0.434. The van der Waals surface area contributed by atoms with Crippen LogP contribution < -0.4 is 5.73 Å². The van der Waals surface area contributed by atoms with Crippen LogP contribution in [0.5, 0.6) is 0 Å². The van der Waals surface area contributed by atoms with Crippen LogP contribution in [-0.4, -0.2) is 9.55 Å². The Labute approximate surface area is 94.1 Å². The van der Waals surface area contributed by atoms with Crippen molar-refractivity contribution in [2.24, 2.45) is 12.8 Å². The van der Waals surface area contributed by atoms with Gasteiger partial charge in [-0.15, -0.1) is 0 Å². The topological polar surface area (TPSA) is 43.8 Å². The zero-order valence-electron chi connectivity index (χ0n) is 9.79. The number of imidazole rings is 1. The first-order valence-electron chi connectivity index (χ1n) is 5.37. The molecule has 0 fully saturated rings. The monoisotopic (exact) mass is 221 g/mol. The molecule has 2 aromatic rings. The zero-order chi connectivity index (χ0) is 11.9. The summed E-state index contributed by atoms with van der Waals surface area (Å²) in [4.78, 5) is 4.32. The van der Waals surface area contributed by atoms with Crippen LogP contribution in [-0.2, 0) is 12.6 Å². The third-order valence-corrected chi connectivity index (χ3v) is 3.11. The van der Waals surface area contributed by atoms with E-state index in [0.29, 0.717) is 5.52 Å². The fourth-order valence-electron chi connectivity index (χ4n) is 1.85. The quantitative estimate of drug-likeness (QED) is 0.845. The van der Waals surface area contributed by atoms with E-state index in [9.17, 15) is 4.39 Å². The molecule has 4 heteroatoms. The fraction of sp³-hybridized carbons (Fsp3) is 0.417. The van der Waals surface area contributed by atoms with E-state index in [1.807, 2.05) is 31.5 Å². The van der Waals surface area contributed by atoms with E-state index in [1.165, 1.54) is 6.07 Å². The van der Waals surface area contributed by atoms with Crippen LogP contribution in [0, 0.1) is 5.82 Å². The third kappa shape index (κ3) is 1.50. The first-order valence-corrected chi connectivity index (χ1v) is 5.37. The summed E-state index contributed by atoms with van der Waals surface area (Å²) in [5, 5.41) is 0. The lowest BCUT2D eigenvalue weighted by Crippen LogP contribution is -2.35. The Morgan fingerprint density at radius 1 is 1.50 bits per heavy atom. The van der Waals surface area contributed by atoms with Crippen LogP contribution in [0.25, 0.3) is 11.0 Å². The van der Waals surface area contributed by atoms with Gasteiger partial charge < -0.3 is 10.3 Å². The number of halogens is 1. The second-order valence-corrected chi connectivity index (χ2v) is 4.37. The molecule has 0 bridgehead atoms. The Morgan fingerprint density at radius 2 is 2.19 bits per heavy atom. The number of aromatic nitrogens is 2. The molecule has 0 saturated carbocycles. The van der Waals surface area contributed by atoms with Gasteiger partial charge in [0.25, 0.3) is 0 Å². The van der Waals surface area contributed by atoms with Crippen molar-refractivity contribution in [2.75, 3.05) is 0 Å². The minimum Gasteiger partial charge on any atom is -0.329 e. The summed E-state index contributed by atoms with van der Waals surface area (Å²) in [5.74, 6) is 0.418. The molecule has 1 unspecified atom stereocenters. The average molecular weight is 221 g/mol. The molecule has 86 valence electrons. The van der Waals surface area contributed by atoms with Crippen molar-refractivity contribution >= 4 is 11.0 Å². The first-order chi connectivity index (χ1) is 7.47. The summed E-state index contributed by atoms with van der Waals surface area (Å²) < 4.78 is 15.4. The number of aryl methyl sites for hydroxylation is 1. The van der Waals surface area contributed by atoms with E-state index in [1.54, 1.807) is 6.07 Å². The number of hydrogen-bond donors (Lipinski definition) is 1. The highest BCUT2D eigenvalue weighted by Gasteiger charge is 2.25. The highest BCUT2D eigenvalue weighted by atomic mass is 19.1. The third-order valence-electron chi connectivity index (χ3n) is 3.11. The summed E-state index contributed by atoms with van der Waals surface area (Å²) in [7, 11) is 1.87. The molecule has 0 saturated heterocycles. The van der Waals surface area contributed by atoms with Crippen LogP contribution in [0.15, 0.2) is 18.2 Å². The number of hydrogen-bond acceptors (Lipinski definition) is 2. The summed E-state index contributed by atoms with van der Waals surface area (Å²) >= 11 is 0. The molecule has 16 heavy (non-hydrogen) atoms. The maximum absolute atomic E-state index is 13.6. The molecule has 0 spiro atoms. The number of benzene rings is 1. The van der Waals surface area contributed by atoms with Crippen molar-refractivity contribution in [3.8, 4) is 0 Å². The lowest BCUT2D eigenvalue weighted by atomic mass is 10.00. The van der Waals surface area contributed by atoms with E-state index < -0.39 is 5.54 Å². The smallest absolute Gasteiger partial charge is 0.151 e. The van der Waals surface area contributed by atoms with E-state index in [2.05, 4.69) is 4.98 Å². The largest absolute Gasteiger partial charge is 0.329 e. The number of fused-ring (bicyclic) bond motifs is 1. The lowest BCUT2D eigenvalue weighted by Gasteiger charge is -2.21. The molecule has 3 nitrogen and oxygen atoms in total. The Balaban J connectivity index is 2.74. The fourth-order valence-corrected chi connectivity index (χ4v) is 1.85. The van der Waals surface area contributed by atoms with Gasteiger partial charge in [-0.05, 0) is 25.5 Å². The van der Waals surface area contributed by atoms with Gasteiger partial charge in [-0.1, -0.05) is 13.0 Å². The van der Waals surface area contributed by atoms with Gasteiger partial charge >= 0.3 is 0 Å². The van der Waals surface area contributed by atoms with Crippen LogP contribution in [0.4, 0.5) is 4.39 Å². The van der Waals surface area contributed by atoms with Gasteiger partial charge in [-0.25, -0.2) is 9.37 Å². The second kappa shape index (κ2) is 3.56. The minimum atomic E-state index is -0.528. The summed E-state index contributed by atoms with van der Waals surface area (Å²) in [5.41, 5.74) is 6.79. The summed E-state index contributed by atoms with van der Waals surface area (Å²) in [6.07, 6.45) is 0.756. The van der Waals surface area contributed by atoms with Crippen LogP contribution in [0.3, 0.4) is 0 Å². The number of nitrogens with two attached hydrogens (primary N) is 1. The van der Waals surface area contributed by atoms with Gasteiger partial charge in [0.2, 0.25) is 0 Å². The summed E-state index contributed by atoms with van der Waals surface area (Å²) in [6.45, 7) is 3.90. The van der Waals surface area contributed by atoms with Crippen molar-refractivity contribution < 1.29 is 4.39 Å². The van der Waals surface area contributed by atoms with E-state index in [-0.39, 0.29) is 5.82 Å². The van der Waals surface area contributed by atoms with Crippen LogP contribution in [0.2, 0.25) is 0 Å². The van der Waals surface area contributed by atoms with Crippen LogP contribution >= 0.6 is 0 Å². The molecule has 0 amide bonds. The van der Waals surface area contributed by atoms with Gasteiger partial charge in [-0.3, -0.25) is 0 Å². The molecular weight excluding hydrogens is 205 g/mol. The van der Waals surface area contributed by atoms with Crippen molar-refractivity contribution in [1.29, 1.82) is 0 Å². The van der Waals surface area contributed by atoms with Crippen LogP contribution in [0.1, 0.15) is 26.1 Å². The van der Waals surface area contributed by atoms with Gasteiger partial charge in [0, 0.05) is 7.05 Å². The minimum absolute atomic E-state index is 0.300. The molecule has 1 atom stereocenters. The standard InChI is InChI=1S/C12H16FN3/c1-4-12(2,14)11-15-10-8(13)6-5-7-9(10)16(11)3/h5-7H,4,14H2,1-3H3. The van der Waals surface area contributed by atoms with Gasteiger partial charge in [0.05, 0.1) is 11.1 Å². The molecule has 1 heterocycles. The first kappa shape index (κ1) is 11.1. The van der Waals surface area contributed by atoms with Crippen molar-refractivity contribution in [3.05, 3.63) is 29.8 Å². The summed E-state index contributed by atoms with van der Waals surface area (Å²) in [6, 6.07) is 4.95. The maximum Gasteiger partial charge on any atom is 0.151 e. The Hall–Kier alpha value is -1.42. The maximum atomic E-state index is 13.6. The molecule has 2 rings (SSSR count). The average Bonchev–Trinajstić information content (AvgIpc) is 2.59. The SMILES string of the molecule is CCC(C)(N)c1nc2c(F)cccc2n1C. The molecule has 1 aromatic heterocycles. The van der Waals surface area contributed by atoms with E-state index >= 15 is 0 Å². The van der Waals surface area contributed by atoms with Gasteiger partial charge in [-0.2, -0.15) is 0 Å². The van der Waals surface area contributed by atoms with Crippen molar-refractivity contribution in [3.63, 3.8) is 0 Å².